The summed E-state index contributed by atoms with van der Waals surface area (Å²) < 4.78 is 35.1. The molecule has 8 atom stereocenters. The monoisotopic (exact) mass is 702 g/mol. The molecule has 8 rings (SSSR count). The quantitative estimate of drug-likeness (QED) is 0.330. The predicted octanol–water partition coefficient (Wildman–Crippen LogP) is 2.66. The van der Waals surface area contributed by atoms with Crippen molar-refractivity contribution in [3.63, 3.8) is 0 Å². The van der Waals surface area contributed by atoms with E-state index < -0.39 is 61.1 Å². The van der Waals surface area contributed by atoms with Gasteiger partial charge in [-0.05, 0) is 70.5 Å². The fourth-order valence-corrected chi connectivity index (χ4v) is 12.1. The van der Waals surface area contributed by atoms with Crippen molar-refractivity contribution in [3.05, 3.63) is 65.2 Å². The van der Waals surface area contributed by atoms with Gasteiger partial charge < -0.3 is 28.5 Å². The Morgan fingerprint density at radius 3 is 1.61 bits per heavy atom. The first-order valence-corrected chi connectivity index (χ1v) is 20.5. The van der Waals surface area contributed by atoms with Crippen LogP contribution in [0.4, 0.5) is 0 Å². The zero-order valence-corrected chi connectivity index (χ0v) is 30.5. The number of ether oxygens (including phenoxy) is 4. The molecule has 3 N–H and O–H groups in total. The summed E-state index contributed by atoms with van der Waals surface area (Å²) in [4.78, 5) is 52.5. The van der Waals surface area contributed by atoms with Crippen molar-refractivity contribution in [1.29, 1.82) is 0 Å². The number of aromatic amines is 2. The molecule has 4 aliphatic heterocycles. The normalized spacial score (nSPS) is 35.6. The standard InChI is InChI=1S/C20H32N2O5Si.C14H18N2O5/c1-6-20-15(27-28(7-2,8-3)9-4)14(25-19(20)10-11-19)17(26-20)22-12-13(5)16(23)21-18(22)24;1-3-14-9(17)8(20-13(14)4-5-13)11(21-14)16-6-7(2)10(18)15-12(16)19/h12,14-15,17H,6-11H2,1-5H3,(H,21,23,24);6,8-9,11,17H,3-5H2,1-2H3,(H,15,18,19)/t14?,15-,17-,20-;8?,9-,11-,14-/m11/s1. The van der Waals surface area contributed by atoms with E-state index in [2.05, 4.69) is 37.7 Å². The summed E-state index contributed by atoms with van der Waals surface area (Å²) in [5.74, 6) is 0. The Kier molecular flexibility index (Phi) is 8.29. The first-order valence-electron chi connectivity index (χ1n) is 18.0. The first-order chi connectivity index (χ1) is 23.2. The van der Waals surface area contributed by atoms with Gasteiger partial charge >= 0.3 is 11.4 Å². The maximum absolute atomic E-state index is 12.5. The minimum atomic E-state index is -1.89. The SMILES string of the molecule is CC[C@]12O[C@@H](n3cc(C)c(=O)[nH]c3=O)C(OC13CC3)[C@H]2O.CC[C@]12O[C@@H](n3cc(C)c(=O)[nH]c3=O)C(OC13CC3)[C@H]2O[Si](CC)(CC)CC. The second-order valence-electron chi connectivity index (χ2n) is 14.8. The van der Waals surface area contributed by atoms with Gasteiger partial charge in [-0.2, -0.15) is 0 Å². The molecule has 0 amide bonds. The van der Waals surface area contributed by atoms with E-state index in [9.17, 15) is 24.3 Å². The van der Waals surface area contributed by atoms with E-state index in [1.807, 2.05) is 6.92 Å². The van der Waals surface area contributed by atoms with Crippen molar-refractivity contribution in [2.75, 3.05) is 0 Å². The smallest absolute Gasteiger partial charge is 0.330 e. The van der Waals surface area contributed by atoms with E-state index in [0.29, 0.717) is 17.5 Å². The molecule has 0 aromatic carbocycles. The molecule has 49 heavy (non-hydrogen) atoms. The molecule has 2 aromatic rings. The summed E-state index contributed by atoms with van der Waals surface area (Å²) in [5, 5.41) is 10.6. The fourth-order valence-electron chi connectivity index (χ4n) is 9.19. The van der Waals surface area contributed by atoms with Gasteiger partial charge in [0.1, 0.15) is 46.8 Å². The van der Waals surface area contributed by atoms with Crippen molar-refractivity contribution in [1.82, 2.24) is 19.1 Å². The van der Waals surface area contributed by atoms with Crippen LogP contribution >= 0.6 is 0 Å². The summed E-state index contributed by atoms with van der Waals surface area (Å²) in [6.07, 6.45) is 5.05. The molecule has 270 valence electrons. The summed E-state index contributed by atoms with van der Waals surface area (Å²) in [5.41, 5.74) is -2.81. The van der Waals surface area contributed by atoms with Crippen LogP contribution in [0.3, 0.4) is 0 Å². The van der Waals surface area contributed by atoms with Gasteiger partial charge in [-0.1, -0.05) is 34.6 Å². The van der Waals surface area contributed by atoms with E-state index >= 15 is 0 Å². The Labute approximate surface area is 285 Å². The molecular formula is C34H50N4O10Si. The van der Waals surface area contributed by atoms with Crippen LogP contribution in [0.5, 0.6) is 0 Å². The lowest BCUT2D eigenvalue weighted by Gasteiger charge is -2.40. The molecule has 6 aliphatic rings. The minimum absolute atomic E-state index is 0.171. The zero-order chi connectivity index (χ0) is 35.3. The van der Waals surface area contributed by atoms with Crippen molar-refractivity contribution in [2.24, 2.45) is 0 Å². The molecule has 0 radical (unpaired) electrons. The summed E-state index contributed by atoms with van der Waals surface area (Å²) in [6.45, 7) is 14.1. The topological polar surface area (TPSA) is 176 Å². The Morgan fingerprint density at radius 1 is 0.735 bits per heavy atom. The second kappa shape index (κ2) is 11.7. The van der Waals surface area contributed by atoms with Crippen LogP contribution in [0.1, 0.15) is 96.7 Å². The highest BCUT2D eigenvalue weighted by atomic mass is 28.4. The van der Waals surface area contributed by atoms with Crippen LogP contribution < -0.4 is 22.5 Å². The van der Waals surface area contributed by atoms with E-state index in [-0.39, 0.29) is 29.0 Å². The van der Waals surface area contributed by atoms with Crippen LogP contribution in [-0.4, -0.2) is 79.3 Å². The van der Waals surface area contributed by atoms with Crippen LogP contribution in [0.25, 0.3) is 0 Å². The van der Waals surface area contributed by atoms with E-state index in [1.54, 1.807) is 20.0 Å². The Balaban J connectivity index is 0.000000160. The zero-order valence-electron chi connectivity index (χ0n) is 29.5. The van der Waals surface area contributed by atoms with E-state index in [1.165, 1.54) is 15.3 Å². The molecule has 2 saturated carbocycles. The third-order valence-electron chi connectivity index (χ3n) is 12.6. The number of aliphatic hydroxyl groups excluding tert-OH is 1. The van der Waals surface area contributed by atoms with Crippen LogP contribution in [0.15, 0.2) is 31.6 Å². The highest BCUT2D eigenvalue weighted by Gasteiger charge is 2.79. The lowest BCUT2D eigenvalue weighted by Crippen LogP contribution is -2.53. The van der Waals surface area contributed by atoms with Gasteiger partial charge in [0.15, 0.2) is 20.8 Å². The first kappa shape index (κ1) is 34.8. The third-order valence-corrected chi connectivity index (χ3v) is 17.3. The van der Waals surface area contributed by atoms with Gasteiger partial charge in [0.25, 0.3) is 11.1 Å². The maximum Gasteiger partial charge on any atom is 0.330 e. The van der Waals surface area contributed by atoms with Crippen molar-refractivity contribution < 1.29 is 28.5 Å². The summed E-state index contributed by atoms with van der Waals surface area (Å²) in [7, 11) is -1.89. The number of aromatic nitrogens is 4. The van der Waals surface area contributed by atoms with Crippen molar-refractivity contribution >= 4 is 8.32 Å². The highest BCUT2D eigenvalue weighted by molar-refractivity contribution is 6.73. The third kappa shape index (κ3) is 4.79. The molecule has 15 heteroatoms. The fraction of sp³-hybridized carbons (Fsp3) is 0.765. The summed E-state index contributed by atoms with van der Waals surface area (Å²) >= 11 is 0. The molecule has 2 spiro atoms. The van der Waals surface area contributed by atoms with Gasteiger partial charge in [0.2, 0.25) is 0 Å². The minimum Gasteiger partial charge on any atom is -0.408 e. The van der Waals surface area contributed by atoms with Gasteiger partial charge in [-0.15, -0.1) is 0 Å². The average Bonchev–Trinajstić information content (AvgIpc) is 3.97. The number of rotatable bonds is 9. The number of hydrogen-bond donors (Lipinski definition) is 3. The molecule has 2 unspecified atom stereocenters. The van der Waals surface area contributed by atoms with Crippen LogP contribution in [0.2, 0.25) is 18.1 Å². The lowest BCUT2D eigenvalue weighted by molar-refractivity contribution is -0.226. The largest absolute Gasteiger partial charge is 0.408 e. The number of nitrogens with zero attached hydrogens (tertiary/aromatic N) is 2. The molecule has 6 fully saturated rings. The molecule has 2 aliphatic carbocycles. The van der Waals surface area contributed by atoms with Gasteiger partial charge in [0.05, 0.1) is 0 Å². The number of hydrogen-bond acceptors (Lipinski definition) is 10. The molecular weight excluding hydrogens is 652 g/mol. The number of aryl methyl sites for hydroxylation is 2. The number of fused-ring (bicyclic) bond motifs is 6. The molecule has 4 saturated heterocycles. The molecule has 6 heterocycles. The average molecular weight is 703 g/mol. The van der Waals surface area contributed by atoms with E-state index in [4.69, 9.17) is 23.4 Å². The predicted molar refractivity (Wildman–Crippen MR) is 180 cm³/mol. The van der Waals surface area contributed by atoms with Crippen molar-refractivity contribution in [2.45, 2.75) is 164 Å². The van der Waals surface area contributed by atoms with Crippen molar-refractivity contribution in [3.8, 4) is 0 Å². The van der Waals surface area contributed by atoms with Crippen LogP contribution in [-0.2, 0) is 23.4 Å². The van der Waals surface area contributed by atoms with Gasteiger partial charge in [-0.25, -0.2) is 9.59 Å². The highest BCUT2D eigenvalue weighted by Crippen LogP contribution is 2.67. The number of aliphatic hydroxyl groups is 1. The molecule has 14 nitrogen and oxygen atoms in total. The number of H-pyrrole nitrogens is 2. The Morgan fingerprint density at radius 2 is 1.16 bits per heavy atom. The van der Waals surface area contributed by atoms with Gasteiger partial charge in [-0.3, -0.25) is 28.7 Å². The summed E-state index contributed by atoms with van der Waals surface area (Å²) in [6, 6.07) is 3.16. The van der Waals surface area contributed by atoms with E-state index in [0.717, 1.165) is 50.2 Å². The Hall–Kier alpha value is -2.66. The second-order valence-corrected chi connectivity index (χ2v) is 19.6. The number of nitrogens with one attached hydrogen (secondary N) is 2. The Bertz CT molecular complexity index is 1850. The lowest BCUT2D eigenvalue weighted by atomic mass is 9.88. The van der Waals surface area contributed by atoms with Crippen LogP contribution in [0, 0.1) is 13.8 Å². The van der Waals surface area contributed by atoms with Gasteiger partial charge in [0, 0.05) is 23.5 Å². The molecule has 2 aromatic heterocycles. The maximum atomic E-state index is 12.5. The molecule has 4 bridgehead atoms.